The Morgan fingerprint density at radius 1 is 1.05 bits per heavy atom. The molecule has 0 spiro atoms. The van der Waals surface area contributed by atoms with Gasteiger partial charge in [-0.25, -0.2) is 15.0 Å². The minimum absolute atomic E-state index is 0.692. The standard InChI is InChI=1S/C15H14N6/c1-2-4-11(5-3-1)6-16-7-12-8-17-15-13-14(19-9-18-13)20-10-21(12)15/h1-5,8-10,16H,6-7H2,(H,18,19). The molecule has 0 fully saturated rings. The second-order valence-electron chi connectivity index (χ2n) is 4.88. The summed E-state index contributed by atoms with van der Waals surface area (Å²) in [5, 5.41) is 3.42. The fourth-order valence-electron chi connectivity index (χ4n) is 2.43. The molecule has 1 aromatic carbocycles. The monoisotopic (exact) mass is 278 g/mol. The molecule has 3 heterocycles. The van der Waals surface area contributed by atoms with Crippen molar-refractivity contribution in [2.24, 2.45) is 0 Å². The van der Waals surface area contributed by atoms with Gasteiger partial charge in [-0.1, -0.05) is 30.3 Å². The van der Waals surface area contributed by atoms with Gasteiger partial charge < -0.3 is 10.3 Å². The van der Waals surface area contributed by atoms with Crippen LogP contribution in [0.4, 0.5) is 0 Å². The molecule has 0 unspecified atom stereocenters. The van der Waals surface area contributed by atoms with Crippen molar-refractivity contribution in [2.75, 3.05) is 0 Å². The topological polar surface area (TPSA) is 70.9 Å². The van der Waals surface area contributed by atoms with Crippen molar-refractivity contribution < 1.29 is 0 Å². The van der Waals surface area contributed by atoms with E-state index >= 15 is 0 Å². The number of benzene rings is 1. The number of nitrogens with zero attached hydrogens (tertiary/aromatic N) is 4. The Kier molecular flexibility index (Phi) is 2.86. The summed E-state index contributed by atoms with van der Waals surface area (Å²) in [6.45, 7) is 1.56. The highest BCUT2D eigenvalue weighted by Gasteiger charge is 2.08. The van der Waals surface area contributed by atoms with Gasteiger partial charge in [0.15, 0.2) is 11.3 Å². The molecule has 0 saturated heterocycles. The SMILES string of the molecule is c1ccc(CNCc2cnc3c4[nH]cnc4ncn23)cc1. The molecule has 0 radical (unpaired) electrons. The number of hydrogen-bond donors (Lipinski definition) is 2. The summed E-state index contributed by atoms with van der Waals surface area (Å²) in [5.41, 5.74) is 4.75. The minimum Gasteiger partial charge on any atom is -0.340 e. The Bertz CT molecular complexity index is 877. The first kappa shape index (κ1) is 12.0. The summed E-state index contributed by atoms with van der Waals surface area (Å²) in [6.07, 6.45) is 5.28. The average molecular weight is 278 g/mol. The van der Waals surface area contributed by atoms with Crippen molar-refractivity contribution in [1.82, 2.24) is 29.7 Å². The highest BCUT2D eigenvalue weighted by molar-refractivity contribution is 5.84. The van der Waals surface area contributed by atoms with Crippen LogP contribution in [-0.2, 0) is 13.1 Å². The predicted molar refractivity (Wildman–Crippen MR) is 79.6 cm³/mol. The van der Waals surface area contributed by atoms with E-state index in [1.807, 2.05) is 28.8 Å². The molecule has 0 saturated carbocycles. The van der Waals surface area contributed by atoms with Crippen LogP contribution in [0.1, 0.15) is 11.3 Å². The molecule has 21 heavy (non-hydrogen) atoms. The van der Waals surface area contributed by atoms with E-state index < -0.39 is 0 Å². The highest BCUT2D eigenvalue weighted by Crippen LogP contribution is 2.14. The zero-order valence-corrected chi connectivity index (χ0v) is 11.3. The number of aromatic nitrogens is 5. The summed E-state index contributed by atoms with van der Waals surface area (Å²) in [5.74, 6) is 0. The van der Waals surface area contributed by atoms with Gasteiger partial charge in [0.25, 0.3) is 0 Å². The van der Waals surface area contributed by atoms with Gasteiger partial charge in [0.2, 0.25) is 0 Å². The lowest BCUT2D eigenvalue weighted by Gasteiger charge is -2.05. The van der Waals surface area contributed by atoms with E-state index in [1.54, 1.807) is 12.7 Å². The van der Waals surface area contributed by atoms with Crippen molar-refractivity contribution in [3.8, 4) is 0 Å². The van der Waals surface area contributed by atoms with Crippen LogP contribution in [0, 0.1) is 0 Å². The van der Waals surface area contributed by atoms with Crippen LogP contribution in [0.5, 0.6) is 0 Å². The third kappa shape index (κ3) is 2.15. The van der Waals surface area contributed by atoms with Gasteiger partial charge in [-0.15, -0.1) is 0 Å². The van der Waals surface area contributed by atoms with Crippen LogP contribution >= 0.6 is 0 Å². The molecule has 3 aromatic heterocycles. The molecular formula is C15H14N6. The maximum absolute atomic E-state index is 4.46. The molecular weight excluding hydrogens is 264 g/mol. The lowest BCUT2D eigenvalue weighted by atomic mass is 10.2. The smallest absolute Gasteiger partial charge is 0.182 e. The van der Waals surface area contributed by atoms with E-state index in [2.05, 4.69) is 37.4 Å². The summed E-state index contributed by atoms with van der Waals surface area (Å²) in [4.78, 5) is 16.0. The summed E-state index contributed by atoms with van der Waals surface area (Å²) in [7, 11) is 0. The molecule has 2 N–H and O–H groups in total. The normalized spacial score (nSPS) is 11.4. The van der Waals surface area contributed by atoms with Gasteiger partial charge in [0, 0.05) is 13.1 Å². The second-order valence-corrected chi connectivity index (χ2v) is 4.88. The van der Waals surface area contributed by atoms with Crippen molar-refractivity contribution in [2.45, 2.75) is 13.1 Å². The largest absolute Gasteiger partial charge is 0.340 e. The molecule has 0 amide bonds. The number of H-pyrrole nitrogens is 1. The van der Waals surface area contributed by atoms with Crippen LogP contribution in [0.25, 0.3) is 16.8 Å². The van der Waals surface area contributed by atoms with E-state index in [0.29, 0.717) is 5.65 Å². The van der Waals surface area contributed by atoms with Crippen LogP contribution in [0.2, 0.25) is 0 Å². The summed E-state index contributed by atoms with van der Waals surface area (Å²) >= 11 is 0. The number of nitrogens with one attached hydrogen (secondary N) is 2. The Hall–Kier alpha value is -2.73. The number of aromatic amines is 1. The number of fused-ring (bicyclic) bond motifs is 3. The summed E-state index contributed by atoms with van der Waals surface area (Å²) < 4.78 is 1.98. The Balaban J connectivity index is 1.56. The van der Waals surface area contributed by atoms with Gasteiger partial charge in [-0.3, -0.25) is 4.40 Å². The fraction of sp³-hybridized carbons (Fsp3) is 0.133. The zero-order chi connectivity index (χ0) is 14.1. The maximum atomic E-state index is 4.46. The zero-order valence-electron chi connectivity index (χ0n) is 11.3. The highest BCUT2D eigenvalue weighted by atomic mass is 15.1. The third-order valence-electron chi connectivity index (χ3n) is 3.49. The molecule has 6 heteroatoms. The minimum atomic E-state index is 0.692. The predicted octanol–water partition coefficient (Wildman–Crippen LogP) is 1.90. The number of hydrogen-bond acceptors (Lipinski definition) is 4. The first-order valence-corrected chi connectivity index (χ1v) is 6.80. The van der Waals surface area contributed by atoms with E-state index in [-0.39, 0.29) is 0 Å². The molecule has 4 rings (SSSR count). The van der Waals surface area contributed by atoms with Crippen molar-refractivity contribution in [3.05, 3.63) is 60.4 Å². The number of rotatable bonds is 4. The van der Waals surface area contributed by atoms with Gasteiger partial charge >= 0.3 is 0 Å². The van der Waals surface area contributed by atoms with Gasteiger partial charge in [0.1, 0.15) is 11.8 Å². The van der Waals surface area contributed by atoms with Crippen LogP contribution in [-0.4, -0.2) is 24.3 Å². The van der Waals surface area contributed by atoms with Crippen molar-refractivity contribution >= 4 is 16.8 Å². The summed E-state index contributed by atoms with van der Waals surface area (Å²) in [6, 6.07) is 10.3. The molecule has 0 atom stereocenters. The lowest BCUT2D eigenvalue weighted by Crippen LogP contribution is -2.14. The second kappa shape index (κ2) is 4.99. The molecule has 0 aliphatic heterocycles. The van der Waals surface area contributed by atoms with Gasteiger partial charge in [0.05, 0.1) is 18.2 Å². The fourth-order valence-corrected chi connectivity index (χ4v) is 2.43. The molecule has 0 aliphatic rings. The van der Waals surface area contributed by atoms with Crippen LogP contribution < -0.4 is 5.32 Å². The van der Waals surface area contributed by atoms with Crippen molar-refractivity contribution in [3.63, 3.8) is 0 Å². The van der Waals surface area contributed by atoms with Gasteiger partial charge in [-0.2, -0.15) is 0 Å². The number of imidazole rings is 2. The molecule has 4 aromatic rings. The Morgan fingerprint density at radius 2 is 1.95 bits per heavy atom. The molecule has 6 nitrogen and oxygen atoms in total. The van der Waals surface area contributed by atoms with Crippen molar-refractivity contribution in [1.29, 1.82) is 0 Å². The van der Waals surface area contributed by atoms with Crippen LogP contribution in [0.3, 0.4) is 0 Å². The van der Waals surface area contributed by atoms with Crippen LogP contribution in [0.15, 0.2) is 49.2 Å². The van der Waals surface area contributed by atoms with E-state index in [1.165, 1.54) is 5.56 Å². The van der Waals surface area contributed by atoms with E-state index in [9.17, 15) is 0 Å². The first-order chi connectivity index (χ1) is 10.4. The Labute approximate surface area is 120 Å². The van der Waals surface area contributed by atoms with E-state index in [4.69, 9.17) is 0 Å². The molecule has 0 bridgehead atoms. The maximum Gasteiger partial charge on any atom is 0.182 e. The quantitative estimate of drug-likeness (QED) is 0.598. The molecule has 0 aliphatic carbocycles. The van der Waals surface area contributed by atoms with Gasteiger partial charge in [-0.05, 0) is 5.56 Å². The third-order valence-corrected chi connectivity index (χ3v) is 3.49. The molecule has 104 valence electrons. The first-order valence-electron chi connectivity index (χ1n) is 6.80. The Morgan fingerprint density at radius 3 is 2.86 bits per heavy atom. The van der Waals surface area contributed by atoms with E-state index in [0.717, 1.165) is 29.9 Å². The lowest BCUT2D eigenvalue weighted by molar-refractivity contribution is 0.674. The average Bonchev–Trinajstić information content (AvgIpc) is 3.14.